The van der Waals surface area contributed by atoms with Gasteiger partial charge in [0, 0.05) is 4.90 Å². The molecule has 5 heteroatoms. The highest BCUT2D eigenvalue weighted by atomic mass is 32.2. The molecule has 0 atom stereocenters. The van der Waals surface area contributed by atoms with Gasteiger partial charge < -0.3 is 5.11 Å². The normalized spacial score (nSPS) is 10.4. The molecule has 0 bridgehead atoms. The van der Waals surface area contributed by atoms with E-state index >= 15 is 0 Å². The smallest absolute Gasteiger partial charge is 0.176 e. The van der Waals surface area contributed by atoms with Crippen molar-refractivity contribution in [3.05, 3.63) is 59.7 Å². The summed E-state index contributed by atoms with van der Waals surface area (Å²) in [6, 6.07) is 9.03. The van der Waals surface area contributed by atoms with Gasteiger partial charge in [-0.3, -0.25) is 4.79 Å². The van der Waals surface area contributed by atoms with Gasteiger partial charge in [-0.05, 0) is 36.4 Å². The summed E-state index contributed by atoms with van der Waals surface area (Å²) >= 11 is 1.13. The van der Waals surface area contributed by atoms with Gasteiger partial charge in [-0.2, -0.15) is 0 Å². The van der Waals surface area contributed by atoms with Crippen molar-refractivity contribution in [3.63, 3.8) is 0 Å². The second-order valence-electron chi connectivity index (χ2n) is 3.83. The lowest BCUT2D eigenvalue weighted by molar-refractivity contribution is 0.101. The Morgan fingerprint density at radius 1 is 1.11 bits per heavy atom. The minimum absolute atomic E-state index is 0.000463. The molecule has 0 heterocycles. The molecule has 19 heavy (non-hydrogen) atoms. The molecule has 98 valence electrons. The summed E-state index contributed by atoms with van der Waals surface area (Å²) in [6.45, 7) is 0. The summed E-state index contributed by atoms with van der Waals surface area (Å²) in [4.78, 5) is 12.4. The zero-order chi connectivity index (χ0) is 13.8. The molecule has 2 aromatic carbocycles. The number of benzene rings is 2. The van der Waals surface area contributed by atoms with Crippen LogP contribution in [0.25, 0.3) is 0 Å². The van der Waals surface area contributed by atoms with Crippen LogP contribution < -0.4 is 0 Å². The number of phenolic OH excluding ortho intramolecular Hbond substituents is 1. The molecule has 1 N–H and O–H groups in total. The Balaban J connectivity index is 2.07. The third-order valence-electron chi connectivity index (χ3n) is 2.43. The summed E-state index contributed by atoms with van der Waals surface area (Å²) in [5, 5.41) is 9.49. The van der Waals surface area contributed by atoms with Gasteiger partial charge in [0.05, 0.1) is 11.3 Å². The van der Waals surface area contributed by atoms with Crippen LogP contribution in [0.1, 0.15) is 10.4 Å². The van der Waals surface area contributed by atoms with E-state index in [9.17, 15) is 18.7 Å². The van der Waals surface area contributed by atoms with E-state index in [1.54, 1.807) is 12.1 Å². The third-order valence-corrected chi connectivity index (χ3v) is 3.42. The lowest BCUT2D eigenvalue weighted by Gasteiger charge is -2.04. The molecule has 0 aromatic heterocycles. The number of aromatic hydroxyl groups is 1. The van der Waals surface area contributed by atoms with Crippen molar-refractivity contribution in [3.8, 4) is 5.75 Å². The lowest BCUT2D eigenvalue weighted by atomic mass is 10.1. The van der Waals surface area contributed by atoms with E-state index < -0.39 is 11.6 Å². The van der Waals surface area contributed by atoms with Gasteiger partial charge in [0.1, 0.15) is 17.4 Å². The number of Topliss-reactive ketones (excluding diaryl/α,β-unsaturated/α-hetero) is 1. The highest BCUT2D eigenvalue weighted by molar-refractivity contribution is 8.00. The molecule has 0 amide bonds. The molecule has 0 radical (unpaired) electrons. The molecular formula is C14H10F2O2S. The Labute approximate surface area is 113 Å². The van der Waals surface area contributed by atoms with Gasteiger partial charge in [0.15, 0.2) is 5.78 Å². The van der Waals surface area contributed by atoms with E-state index in [1.807, 2.05) is 0 Å². The van der Waals surface area contributed by atoms with Crippen molar-refractivity contribution in [1.29, 1.82) is 0 Å². The number of phenols is 1. The molecule has 0 fully saturated rings. The van der Waals surface area contributed by atoms with Crippen LogP contribution in [0.3, 0.4) is 0 Å². The van der Waals surface area contributed by atoms with Gasteiger partial charge >= 0.3 is 0 Å². The molecule has 2 nitrogen and oxygen atoms in total. The summed E-state index contributed by atoms with van der Waals surface area (Å²) in [6.07, 6.45) is 0. The number of thioether (sulfide) groups is 1. The highest BCUT2D eigenvalue weighted by Gasteiger charge is 2.12. The predicted octanol–water partition coefficient (Wildman–Crippen LogP) is 3.65. The van der Waals surface area contributed by atoms with Crippen molar-refractivity contribution in [2.45, 2.75) is 4.90 Å². The maximum atomic E-state index is 13.0. The van der Waals surface area contributed by atoms with Gasteiger partial charge in [-0.1, -0.05) is 6.07 Å². The standard InChI is InChI=1S/C14H10F2O2S/c15-9-2-1-3-11(6-9)19-8-14(18)12-7-10(16)4-5-13(12)17/h1-7,17H,8H2. The number of hydrogen-bond acceptors (Lipinski definition) is 3. The monoisotopic (exact) mass is 280 g/mol. The first-order chi connectivity index (χ1) is 9.06. The summed E-state index contributed by atoms with van der Waals surface area (Å²) in [5.41, 5.74) is -0.0658. The lowest BCUT2D eigenvalue weighted by Crippen LogP contribution is -2.03. The third kappa shape index (κ3) is 3.54. The molecule has 0 aliphatic rings. The average molecular weight is 280 g/mol. The number of carbonyl (C=O) groups excluding carboxylic acids is 1. The number of rotatable bonds is 4. The van der Waals surface area contributed by atoms with Crippen LogP contribution in [-0.4, -0.2) is 16.6 Å². The number of hydrogen-bond donors (Lipinski definition) is 1. The van der Waals surface area contributed by atoms with E-state index in [2.05, 4.69) is 0 Å². The van der Waals surface area contributed by atoms with Crippen molar-refractivity contribution < 1.29 is 18.7 Å². The van der Waals surface area contributed by atoms with Gasteiger partial charge in [0.25, 0.3) is 0 Å². The van der Waals surface area contributed by atoms with Crippen LogP contribution in [0, 0.1) is 11.6 Å². The van der Waals surface area contributed by atoms with Gasteiger partial charge in [-0.15, -0.1) is 11.8 Å². The fraction of sp³-hybridized carbons (Fsp3) is 0.0714. The van der Waals surface area contributed by atoms with E-state index in [-0.39, 0.29) is 22.9 Å². The highest BCUT2D eigenvalue weighted by Crippen LogP contribution is 2.23. The van der Waals surface area contributed by atoms with E-state index in [1.165, 1.54) is 12.1 Å². The maximum absolute atomic E-state index is 13.0. The first-order valence-electron chi connectivity index (χ1n) is 5.46. The van der Waals surface area contributed by atoms with Crippen LogP contribution in [0.5, 0.6) is 5.75 Å². The molecule has 0 unspecified atom stereocenters. The van der Waals surface area contributed by atoms with Crippen molar-refractivity contribution in [2.75, 3.05) is 5.75 Å². The van der Waals surface area contributed by atoms with Crippen LogP contribution in [0.2, 0.25) is 0 Å². The Kier molecular flexibility index (Phi) is 4.16. The molecular weight excluding hydrogens is 270 g/mol. The van der Waals surface area contributed by atoms with E-state index in [4.69, 9.17) is 0 Å². The molecule has 2 rings (SSSR count). The van der Waals surface area contributed by atoms with Crippen LogP contribution >= 0.6 is 11.8 Å². The van der Waals surface area contributed by atoms with Crippen LogP contribution in [0.4, 0.5) is 8.78 Å². The van der Waals surface area contributed by atoms with Crippen molar-refractivity contribution >= 4 is 17.5 Å². The van der Waals surface area contributed by atoms with Crippen molar-refractivity contribution in [1.82, 2.24) is 0 Å². The Morgan fingerprint density at radius 3 is 2.58 bits per heavy atom. The molecule has 2 aromatic rings. The maximum Gasteiger partial charge on any atom is 0.176 e. The SMILES string of the molecule is O=C(CSc1cccc(F)c1)c1cc(F)ccc1O. The summed E-state index contributed by atoms with van der Waals surface area (Å²) < 4.78 is 25.9. The minimum Gasteiger partial charge on any atom is -0.507 e. The van der Waals surface area contributed by atoms with Gasteiger partial charge in [0.2, 0.25) is 0 Å². The Bertz CT molecular complexity index is 614. The molecule has 0 aliphatic heterocycles. The Hall–Kier alpha value is -1.88. The topological polar surface area (TPSA) is 37.3 Å². The van der Waals surface area contributed by atoms with Crippen LogP contribution in [0.15, 0.2) is 47.4 Å². The second kappa shape index (κ2) is 5.84. The van der Waals surface area contributed by atoms with E-state index in [0.717, 1.165) is 30.0 Å². The molecule has 0 saturated heterocycles. The second-order valence-corrected chi connectivity index (χ2v) is 4.88. The number of halogens is 2. The summed E-state index contributed by atoms with van der Waals surface area (Å²) in [7, 11) is 0. The minimum atomic E-state index is -0.586. The average Bonchev–Trinajstić information content (AvgIpc) is 2.39. The number of carbonyl (C=O) groups is 1. The molecule has 0 aliphatic carbocycles. The molecule has 0 spiro atoms. The summed E-state index contributed by atoms with van der Waals surface area (Å²) in [5.74, 6) is -1.64. The predicted molar refractivity (Wildman–Crippen MR) is 69.5 cm³/mol. The quantitative estimate of drug-likeness (QED) is 0.686. The molecule has 0 saturated carbocycles. The Morgan fingerprint density at radius 2 is 1.84 bits per heavy atom. The zero-order valence-electron chi connectivity index (χ0n) is 9.77. The largest absolute Gasteiger partial charge is 0.507 e. The first kappa shape index (κ1) is 13.5. The fourth-order valence-electron chi connectivity index (χ4n) is 1.52. The van der Waals surface area contributed by atoms with Crippen molar-refractivity contribution in [2.24, 2.45) is 0 Å². The van der Waals surface area contributed by atoms with E-state index in [0.29, 0.717) is 4.90 Å². The van der Waals surface area contributed by atoms with Gasteiger partial charge in [-0.25, -0.2) is 8.78 Å². The zero-order valence-corrected chi connectivity index (χ0v) is 10.6. The van der Waals surface area contributed by atoms with Crippen LogP contribution in [-0.2, 0) is 0 Å². The number of ketones is 1. The first-order valence-corrected chi connectivity index (χ1v) is 6.45. The fourth-order valence-corrected chi connectivity index (χ4v) is 2.34.